The lowest BCUT2D eigenvalue weighted by atomic mass is 9.95. The van der Waals surface area contributed by atoms with Gasteiger partial charge in [-0.3, -0.25) is 18.8 Å². The van der Waals surface area contributed by atoms with E-state index in [-0.39, 0.29) is 40.8 Å². The molecule has 2 atom stereocenters. The molecule has 0 bridgehead atoms. The molecule has 4 heterocycles. The highest BCUT2D eigenvalue weighted by atomic mass is 35.5. The van der Waals surface area contributed by atoms with Crippen molar-refractivity contribution < 1.29 is 18.7 Å². The molecule has 2 fully saturated rings. The molecule has 0 radical (unpaired) electrons. The number of ether oxygens (including phenoxy) is 1. The minimum atomic E-state index is -0.532. The summed E-state index contributed by atoms with van der Waals surface area (Å²) in [6.45, 7) is 1.84. The van der Waals surface area contributed by atoms with E-state index in [1.54, 1.807) is 36.7 Å². The van der Waals surface area contributed by atoms with Crippen LogP contribution in [0.1, 0.15) is 36.8 Å². The third-order valence-electron chi connectivity index (χ3n) is 9.63. The maximum absolute atomic E-state index is 16.1. The molecular formula is C39H37Cl2FN6O4. The van der Waals surface area contributed by atoms with Crippen LogP contribution in [-0.2, 0) is 22.7 Å². The molecule has 4 N–H and O–H groups in total. The van der Waals surface area contributed by atoms with E-state index in [2.05, 4.69) is 26.3 Å². The highest BCUT2D eigenvalue weighted by molar-refractivity contribution is 6.39. The molecule has 0 spiro atoms. The van der Waals surface area contributed by atoms with Gasteiger partial charge in [0.1, 0.15) is 5.65 Å². The van der Waals surface area contributed by atoms with Crippen LogP contribution >= 0.6 is 23.2 Å². The van der Waals surface area contributed by atoms with E-state index < -0.39 is 5.82 Å². The van der Waals surface area contributed by atoms with Crippen molar-refractivity contribution >= 4 is 40.7 Å². The van der Waals surface area contributed by atoms with Crippen LogP contribution in [0.4, 0.5) is 4.39 Å². The fourth-order valence-corrected chi connectivity index (χ4v) is 7.57. The number of rotatable bonds is 12. The number of fused-ring (bicyclic) bond motifs is 1. The summed E-state index contributed by atoms with van der Waals surface area (Å²) in [4.78, 5) is 40.8. The maximum atomic E-state index is 16.1. The van der Waals surface area contributed by atoms with E-state index in [0.717, 1.165) is 18.4 Å². The second-order valence-electron chi connectivity index (χ2n) is 13.1. The molecule has 3 aromatic carbocycles. The lowest BCUT2D eigenvalue weighted by Gasteiger charge is -2.17. The number of aromatic nitrogens is 2. The van der Waals surface area contributed by atoms with Gasteiger partial charge in [-0.05, 0) is 30.5 Å². The summed E-state index contributed by atoms with van der Waals surface area (Å²) in [5.41, 5.74) is 4.95. The first-order chi connectivity index (χ1) is 25.2. The van der Waals surface area contributed by atoms with E-state index in [0.29, 0.717) is 88.1 Å². The number of amides is 2. The molecule has 0 unspecified atom stereocenters. The zero-order valence-electron chi connectivity index (χ0n) is 28.4. The van der Waals surface area contributed by atoms with Crippen LogP contribution in [0.5, 0.6) is 5.75 Å². The molecule has 2 aromatic heterocycles. The summed E-state index contributed by atoms with van der Waals surface area (Å²) in [5.74, 6) is -0.319. The topological polar surface area (TPSA) is 126 Å². The van der Waals surface area contributed by atoms with Crippen molar-refractivity contribution in [2.24, 2.45) is 0 Å². The predicted octanol–water partition coefficient (Wildman–Crippen LogP) is 5.89. The van der Waals surface area contributed by atoms with Crippen LogP contribution in [0.15, 0.2) is 77.9 Å². The Bertz CT molecular complexity index is 2250. The van der Waals surface area contributed by atoms with E-state index in [1.807, 2.05) is 36.4 Å². The lowest BCUT2D eigenvalue weighted by Crippen LogP contribution is -2.36. The Hall–Kier alpha value is -4.81. The Kier molecular flexibility index (Phi) is 10.6. The van der Waals surface area contributed by atoms with Gasteiger partial charge < -0.3 is 26.0 Å². The zero-order chi connectivity index (χ0) is 36.4. The highest BCUT2D eigenvalue weighted by Gasteiger charge is 2.23. The molecule has 2 aliphatic heterocycles. The van der Waals surface area contributed by atoms with E-state index in [1.165, 1.54) is 11.5 Å². The first-order valence-corrected chi connectivity index (χ1v) is 17.9. The number of halogens is 3. The number of carbonyl (C=O) groups is 2. The normalized spacial score (nSPS) is 17.1. The van der Waals surface area contributed by atoms with Crippen molar-refractivity contribution in [3.63, 3.8) is 0 Å². The van der Waals surface area contributed by atoms with Crippen LogP contribution in [0.25, 0.3) is 39.0 Å². The fourth-order valence-electron chi connectivity index (χ4n) is 6.90. The van der Waals surface area contributed by atoms with E-state index >= 15 is 4.39 Å². The van der Waals surface area contributed by atoms with Crippen molar-refractivity contribution in [1.29, 1.82) is 0 Å². The fraction of sp³-hybridized carbons (Fsp3) is 0.282. The zero-order valence-corrected chi connectivity index (χ0v) is 29.9. The monoisotopic (exact) mass is 742 g/mol. The second kappa shape index (κ2) is 15.4. The first kappa shape index (κ1) is 35.6. The van der Waals surface area contributed by atoms with Gasteiger partial charge in [-0.1, -0.05) is 71.7 Å². The molecule has 268 valence electrons. The Morgan fingerprint density at radius 1 is 0.808 bits per heavy atom. The molecule has 52 heavy (non-hydrogen) atoms. The van der Waals surface area contributed by atoms with Crippen LogP contribution in [0.3, 0.4) is 0 Å². The number of nitrogens with zero attached hydrogens (tertiary/aromatic N) is 2. The summed E-state index contributed by atoms with van der Waals surface area (Å²) in [6, 6.07) is 18.2. The molecule has 10 nitrogen and oxygen atoms in total. The quantitative estimate of drug-likeness (QED) is 0.126. The van der Waals surface area contributed by atoms with Gasteiger partial charge in [-0.25, -0.2) is 9.37 Å². The van der Waals surface area contributed by atoms with Crippen molar-refractivity contribution in [3.05, 3.63) is 110 Å². The second-order valence-corrected chi connectivity index (χ2v) is 13.8. The summed E-state index contributed by atoms with van der Waals surface area (Å²) >= 11 is 14.1. The summed E-state index contributed by atoms with van der Waals surface area (Å²) in [5, 5.41) is 13.1. The van der Waals surface area contributed by atoms with Crippen LogP contribution < -0.4 is 31.6 Å². The summed E-state index contributed by atoms with van der Waals surface area (Å²) in [7, 11) is 1.43. The first-order valence-electron chi connectivity index (χ1n) is 17.2. The summed E-state index contributed by atoms with van der Waals surface area (Å²) in [6.07, 6.45) is 5.83. The maximum Gasteiger partial charge on any atom is 0.262 e. The molecule has 2 amide bonds. The Morgan fingerprint density at radius 2 is 1.38 bits per heavy atom. The minimum Gasteiger partial charge on any atom is -0.493 e. The SMILES string of the molecule is COc1c(CNC[C@H]2CCC(=O)N2)ccc(-c2cccc(-c3cccc(-c4ccn5c(=O)c(CNC[C@H]6CCC(=O)N6)cnc5c4)c3Cl)c2Cl)c1F. The largest absolute Gasteiger partial charge is 0.493 e. The van der Waals surface area contributed by atoms with Crippen LogP contribution in [0, 0.1) is 5.82 Å². The third-order valence-corrected chi connectivity index (χ3v) is 10.4. The molecule has 7 rings (SSSR count). The smallest absolute Gasteiger partial charge is 0.262 e. The van der Waals surface area contributed by atoms with Gasteiger partial charge in [0.05, 0.1) is 17.2 Å². The highest BCUT2D eigenvalue weighted by Crippen LogP contribution is 2.44. The van der Waals surface area contributed by atoms with Crippen LogP contribution in [-0.4, -0.2) is 53.5 Å². The Morgan fingerprint density at radius 3 is 1.98 bits per heavy atom. The summed E-state index contributed by atoms with van der Waals surface area (Å²) < 4.78 is 23.1. The average molecular weight is 744 g/mol. The van der Waals surface area contributed by atoms with Gasteiger partial charge in [0.2, 0.25) is 11.8 Å². The van der Waals surface area contributed by atoms with Gasteiger partial charge in [0.15, 0.2) is 11.6 Å². The molecule has 0 saturated carbocycles. The molecule has 2 saturated heterocycles. The average Bonchev–Trinajstić information content (AvgIpc) is 3.76. The number of nitrogens with one attached hydrogen (secondary N) is 4. The van der Waals surface area contributed by atoms with Gasteiger partial charge >= 0.3 is 0 Å². The van der Waals surface area contributed by atoms with Gasteiger partial charge in [0, 0.05) is 102 Å². The van der Waals surface area contributed by atoms with Crippen molar-refractivity contribution in [1.82, 2.24) is 30.7 Å². The Balaban J connectivity index is 1.12. The molecule has 13 heteroatoms. The minimum absolute atomic E-state index is 0.0450. The van der Waals surface area contributed by atoms with Crippen molar-refractivity contribution in [3.8, 4) is 39.1 Å². The van der Waals surface area contributed by atoms with Gasteiger partial charge in [0.25, 0.3) is 5.56 Å². The van der Waals surface area contributed by atoms with E-state index in [9.17, 15) is 14.4 Å². The van der Waals surface area contributed by atoms with E-state index in [4.69, 9.17) is 27.9 Å². The number of pyridine rings is 1. The number of hydrogen-bond donors (Lipinski definition) is 4. The van der Waals surface area contributed by atoms with Gasteiger partial charge in [-0.15, -0.1) is 0 Å². The standard InChI is InChI=1S/C39H37Cl2FN6O4/c1-52-38-23(17-43-20-25-9-12-33(49)46-25)8-11-31(37(38)42)30-7-3-6-29(36(30)41)28-5-2-4-27(35(28)40)22-14-15-48-32(16-22)45-19-24(39(48)51)18-44-21-26-10-13-34(50)47-26/h2-8,11,14-16,19,25-26,43-44H,9-10,12-13,17-18,20-21H2,1H3,(H,46,49)(H,47,50)/t25-,26-/m1/s1. The van der Waals surface area contributed by atoms with Crippen molar-refractivity contribution in [2.45, 2.75) is 50.9 Å². The van der Waals surface area contributed by atoms with Crippen molar-refractivity contribution in [2.75, 3.05) is 20.2 Å². The molecular weight excluding hydrogens is 706 g/mol. The van der Waals surface area contributed by atoms with Gasteiger partial charge in [-0.2, -0.15) is 0 Å². The third kappa shape index (κ3) is 7.27. The number of hydrogen-bond acceptors (Lipinski definition) is 7. The molecule has 0 aliphatic carbocycles. The lowest BCUT2D eigenvalue weighted by molar-refractivity contribution is -0.120. The number of carbonyl (C=O) groups excluding carboxylic acids is 2. The molecule has 5 aromatic rings. The number of methoxy groups -OCH3 is 1. The number of benzene rings is 3. The molecule has 2 aliphatic rings. The van der Waals surface area contributed by atoms with Crippen LogP contribution in [0.2, 0.25) is 10.0 Å². The predicted molar refractivity (Wildman–Crippen MR) is 200 cm³/mol. The Labute approximate surface area is 309 Å².